The highest BCUT2D eigenvalue weighted by molar-refractivity contribution is 9.10. The Balaban J connectivity index is 1.93. The Morgan fingerprint density at radius 2 is 1.35 bits per heavy atom. The zero-order chi connectivity index (χ0) is 14.6. The fourth-order valence-electron chi connectivity index (χ4n) is 2.20. The molecule has 0 aliphatic rings. The van der Waals surface area contributed by atoms with Crippen molar-refractivity contribution >= 4 is 68.6 Å². The van der Waals surface area contributed by atoms with Gasteiger partial charge >= 0.3 is 0 Å². The molecule has 1 atom stereocenters. The van der Waals surface area contributed by atoms with Crippen LogP contribution in [0, 0.1) is 0 Å². The highest BCUT2D eigenvalue weighted by atomic mass is 79.9. The van der Waals surface area contributed by atoms with Gasteiger partial charge in [-0.1, -0.05) is 66.5 Å². The maximum Gasteiger partial charge on any atom is 0.168 e. The predicted molar refractivity (Wildman–Crippen MR) is 103 cm³/mol. The van der Waals surface area contributed by atoms with Gasteiger partial charge in [0.15, 0.2) is 7.83 Å². The van der Waals surface area contributed by atoms with E-state index in [2.05, 4.69) is 86.9 Å². The van der Waals surface area contributed by atoms with Gasteiger partial charge in [-0.15, -0.1) is 0 Å². The summed E-state index contributed by atoms with van der Waals surface area (Å²) in [4.78, 5) is 10.8. The smallest absolute Gasteiger partial charge is 0.168 e. The van der Waals surface area contributed by atoms with Gasteiger partial charge in [0.25, 0.3) is 0 Å². The van der Waals surface area contributed by atoms with Crippen LogP contribution in [0.1, 0.15) is 0 Å². The molecule has 0 heterocycles. The second-order valence-electron chi connectivity index (χ2n) is 5.43. The van der Waals surface area contributed by atoms with Crippen molar-refractivity contribution in [1.82, 2.24) is 0 Å². The van der Waals surface area contributed by atoms with E-state index in [4.69, 9.17) is 0 Å². The van der Waals surface area contributed by atoms with Crippen LogP contribution in [0.15, 0.2) is 57.5 Å². The van der Waals surface area contributed by atoms with E-state index < -0.39 is 16.9 Å². The molecular weight excluding hydrogens is 428 g/mol. The van der Waals surface area contributed by atoms with Crippen LogP contribution in [0.25, 0.3) is 0 Å². The van der Waals surface area contributed by atoms with Crippen molar-refractivity contribution in [3.05, 3.63) is 57.5 Å². The Morgan fingerprint density at radius 1 is 0.900 bits per heavy atom. The molecule has 0 aromatic heterocycles. The van der Waals surface area contributed by atoms with Crippen molar-refractivity contribution in [3.63, 3.8) is 0 Å². The SMILES string of the molecule is C[Si](O)(C[SiH2]c1ccc(Br)cc1)[SiH2]c1ccc(Br)cc1. The molecule has 2 rings (SSSR count). The summed E-state index contributed by atoms with van der Waals surface area (Å²) in [5, 5.41) is 2.83. The highest BCUT2D eigenvalue weighted by Crippen LogP contribution is 2.08. The maximum absolute atomic E-state index is 10.8. The summed E-state index contributed by atoms with van der Waals surface area (Å²) in [5.74, 6) is 0. The van der Waals surface area contributed by atoms with Gasteiger partial charge in [0.05, 0.1) is 18.6 Å². The standard InChI is InChI=1S/C14H18Br2OSi3/c1-20(17,19-14-8-4-12(16)5-9-14)10-18-13-6-2-11(15)3-7-13/h2-9,17H,10,18-19H2,1H3. The molecule has 0 amide bonds. The van der Waals surface area contributed by atoms with Gasteiger partial charge in [-0.2, -0.15) is 0 Å². The largest absolute Gasteiger partial charge is 0.435 e. The number of rotatable bonds is 5. The van der Waals surface area contributed by atoms with E-state index in [1.54, 1.807) is 0 Å². The molecule has 0 bridgehead atoms. The van der Waals surface area contributed by atoms with Crippen LogP contribution in [0.3, 0.4) is 0 Å². The quantitative estimate of drug-likeness (QED) is 0.691. The van der Waals surface area contributed by atoms with E-state index >= 15 is 0 Å². The molecule has 1 N–H and O–H groups in total. The van der Waals surface area contributed by atoms with Gasteiger partial charge in [-0.3, -0.25) is 0 Å². The molecule has 0 spiro atoms. The lowest BCUT2D eigenvalue weighted by atomic mass is 10.4. The highest BCUT2D eigenvalue weighted by Gasteiger charge is 2.25. The van der Waals surface area contributed by atoms with Gasteiger partial charge in [0, 0.05) is 8.95 Å². The summed E-state index contributed by atoms with van der Waals surface area (Å²) in [6, 6.07) is 17.1. The Labute approximate surface area is 142 Å². The molecule has 106 valence electrons. The van der Waals surface area contributed by atoms with Crippen LogP contribution in [0.4, 0.5) is 0 Å². The Hall–Kier alpha value is 0.0106. The minimum absolute atomic E-state index is 0.339. The lowest BCUT2D eigenvalue weighted by Crippen LogP contribution is -2.47. The normalized spacial score (nSPS) is 15.2. The van der Waals surface area contributed by atoms with Crippen LogP contribution in [-0.2, 0) is 0 Å². The number of benzene rings is 2. The average Bonchev–Trinajstić information content (AvgIpc) is 2.41. The Kier molecular flexibility index (Phi) is 6.00. The molecule has 2 aromatic carbocycles. The summed E-state index contributed by atoms with van der Waals surface area (Å²) in [7, 11) is -2.85. The van der Waals surface area contributed by atoms with E-state index in [0.717, 1.165) is 14.6 Å². The molecular formula is C14H18Br2OSi3. The molecule has 0 saturated heterocycles. The third kappa shape index (κ3) is 5.42. The van der Waals surface area contributed by atoms with Gasteiger partial charge in [0.2, 0.25) is 0 Å². The second kappa shape index (κ2) is 7.33. The van der Waals surface area contributed by atoms with Crippen molar-refractivity contribution in [2.45, 2.75) is 12.2 Å². The van der Waals surface area contributed by atoms with E-state index in [-0.39, 0.29) is 9.52 Å². The van der Waals surface area contributed by atoms with Crippen molar-refractivity contribution in [2.24, 2.45) is 0 Å². The first-order valence-corrected chi connectivity index (χ1v) is 15.6. The molecule has 1 nitrogen and oxygen atoms in total. The fraction of sp³-hybridized carbons (Fsp3) is 0.143. The maximum atomic E-state index is 10.8. The molecule has 0 radical (unpaired) electrons. The van der Waals surface area contributed by atoms with Crippen LogP contribution in [-0.4, -0.2) is 31.2 Å². The van der Waals surface area contributed by atoms with Gasteiger partial charge in [0.1, 0.15) is 0 Å². The Bertz CT molecular complexity index is 556. The Morgan fingerprint density at radius 3 is 1.85 bits per heavy atom. The second-order valence-corrected chi connectivity index (χ2v) is 20.4. The van der Waals surface area contributed by atoms with Crippen LogP contribution >= 0.6 is 31.9 Å². The minimum Gasteiger partial charge on any atom is -0.435 e. The van der Waals surface area contributed by atoms with Crippen LogP contribution in [0.5, 0.6) is 0 Å². The van der Waals surface area contributed by atoms with Crippen LogP contribution in [0.2, 0.25) is 12.2 Å². The number of halogens is 2. The van der Waals surface area contributed by atoms with E-state index in [1.165, 1.54) is 10.4 Å². The topological polar surface area (TPSA) is 20.2 Å². The first kappa shape index (κ1) is 16.4. The lowest BCUT2D eigenvalue weighted by molar-refractivity contribution is 0.573. The van der Waals surface area contributed by atoms with Gasteiger partial charge in [-0.25, -0.2) is 0 Å². The zero-order valence-electron chi connectivity index (χ0n) is 11.4. The minimum atomic E-state index is -1.98. The van der Waals surface area contributed by atoms with E-state index in [9.17, 15) is 4.80 Å². The molecule has 1 unspecified atom stereocenters. The van der Waals surface area contributed by atoms with Crippen molar-refractivity contribution < 1.29 is 4.80 Å². The first-order valence-electron chi connectivity index (χ1n) is 6.66. The summed E-state index contributed by atoms with van der Waals surface area (Å²) in [6.07, 6.45) is 0. The molecule has 0 fully saturated rings. The molecule has 2 aromatic rings. The van der Waals surface area contributed by atoms with Gasteiger partial charge < -0.3 is 4.80 Å². The van der Waals surface area contributed by atoms with E-state index in [0.29, 0.717) is 0 Å². The third-order valence-electron chi connectivity index (χ3n) is 3.36. The summed E-state index contributed by atoms with van der Waals surface area (Å²) < 4.78 is 2.24. The predicted octanol–water partition coefficient (Wildman–Crippen LogP) is 1.52. The zero-order valence-corrected chi connectivity index (χ0v) is 18.4. The first-order chi connectivity index (χ1) is 9.44. The van der Waals surface area contributed by atoms with Gasteiger partial charge in [-0.05, 0) is 36.5 Å². The molecule has 0 saturated carbocycles. The lowest BCUT2D eigenvalue weighted by Gasteiger charge is -2.19. The summed E-state index contributed by atoms with van der Waals surface area (Å²) in [5.41, 5.74) is 1.09. The average molecular weight is 446 g/mol. The molecule has 0 aliphatic carbocycles. The number of hydrogen-bond donors (Lipinski definition) is 1. The molecule has 6 heteroatoms. The van der Waals surface area contributed by atoms with Crippen molar-refractivity contribution in [1.29, 1.82) is 0 Å². The van der Waals surface area contributed by atoms with Crippen molar-refractivity contribution in [2.75, 3.05) is 0 Å². The van der Waals surface area contributed by atoms with Crippen LogP contribution < -0.4 is 10.4 Å². The monoisotopic (exact) mass is 444 g/mol. The van der Waals surface area contributed by atoms with Crippen molar-refractivity contribution in [3.8, 4) is 0 Å². The summed E-state index contributed by atoms with van der Waals surface area (Å²) in [6.45, 7) is 2.15. The summed E-state index contributed by atoms with van der Waals surface area (Å²) >= 11 is 6.92. The molecule has 0 aliphatic heterocycles. The van der Waals surface area contributed by atoms with E-state index in [1.807, 2.05) is 0 Å². The number of hydrogen-bond acceptors (Lipinski definition) is 1. The fourth-order valence-corrected chi connectivity index (χ4v) is 15.2. The molecule has 20 heavy (non-hydrogen) atoms. The third-order valence-corrected chi connectivity index (χ3v) is 19.1.